The molecule has 2 N–H and O–H groups in total. The molecule has 2 aromatic rings. The van der Waals surface area contributed by atoms with Gasteiger partial charge in [0.05, 0.1) is 6.26 Å². The van der Waals surface area contributed by atoms with Crippen LogP contribution in [0.4, 0.5) is 0 Å². The van der Waals surface area contributed by atoms with Gasteiger partial charge in [0.2, 0.25) is 5.89 Å². The van der Waals surface area contributed by atoms with E-state index in [4.69, 9.17) is 13.7 Å². The lowest BCUT2D eigenvalue weighted by molar-refractivity contribution is 0.105. The maximum Gasteiger partial charge on any atom is 0.228 e. The molecule has 2 aromatic heterocycles. The van der Waals surface area contributed by atoms with Gasteiger partial charge in [0.1, 0.15) is 12.4 Å². The molecule has 0 saturated carbocycles. The van der Waals surface area contributed by atoms with Gasteiger partial charge in [-0.05, 0) is 25.5 Å². The van der Waals surface area contributed by atoms with Gasteiger partial charge in [0.15, 0.2) is 11.8 Å². The Morgan fingerprint density at radius 1 is 1.35 bits per heavy atom. The molecule has 0 bridgehead atoms. The quantitative estimate of drug-likeness (QED) is 0.359. The highest BCUT2D eigenvalue weighted by Gasteiger charge is 2.09. The SMILES string of the molecule is CCNC(=NCCCOCc1ccco1)NCCc1nc(C(C)C)no1. The van der Waals surface area contributed by atoms with Crippen LogP contribution in [0.25, 0.3) is 0 Å². The van der Waals surface area contributed by atoms with Gasteiger partial charge in [-0.3, -0.25) is 4.99 Å². The first-order valence-electron chi connectivity index (χ1n) is 9.13. The molecule has 0 atom stereocenters. The Balaban J connectivity index is 1.63. The molecule has 0 aromatic carbocycles. The lowest BCUT2D eigenvalue weighted by atomic mass is 10.2. The molecular weight excluding hydrogens is 334 g/mol. The number of rotatable bonds is 11. The lowest BCUT2D eigenvalue weighted by Gasteiger charge is -2.10. The predicted octanol–water partition coefficient (Wildman–Crippen LogP) is 2.49. The molecule has 8 heteroatoms. The van der Waals surface area contributed by atoms with Gasteiger partial charge < -0.3 is 24.3 Å². The van der Waals surface area contributed by atoms with Crippen molar-refractivity contribution in [2.24, 2.45) is 4.99 Å². The third kappa shape index (κ3) is 7.26. The molecule has 0 aliphatic rings. The largest absolute Gasteiger partial charge is 0.467 e. The fourth-order valence-electron chi connectivity index (χ4n) is 2.16. The van der Waals surface area contributed by atoms with Gasteiger partial charge in [0.25, 0.3) is 0 Å². The van der Waals surface area contributed by atoms with Crippen molar-refractivity contribution in [3.05, 3.63) is 35.9 Å². The average Bonchev–Trinajstić information content (AvgIpc) is 3.29. The number of aliphatic imine (C=N–C) groups is 1. The molecule has 8 nitrogen and oxygen atoms in total. The minimum Gasteiger partial charge on any atom is -0.467 e. The highest BCUT2D eigenvalue weighted by Crippen LogP contribution is 2.09. The Morgan fingerprint density at radius 2 is 2.23 bits per heavy atom. The number of furan rings is 1. The molecule has 26 heavy (non-hydrogen) atoms. The van der Waals surface area contributed by atoms with E-state index in [0.717, 1.165) is 30.5 Å². The Morgan fingerprint density at radius 3 is 2.92 bits per heavy atom. The van der Waals surface area contributed by atoms with Crippen LogP contribution in [0.15, 0.2) is 32.3 Å². The number of ether oxygens (including phenoxy) is 1. The van der Waals surface area contributed by atoms with Crippen molar-refractivity contribution in [2.45, 2.75) is 46.1 Å². The molecular formula is C18H29N5O3. The van der Waals surface area contributed by atoms with Gasteiger partial charge in [-0.1, -0.05) is 19.0 Å². The van der Waals surface area contributed by atoms with Crippen LogP contribution >= 0.6 is 0 Å². The van der Waals surface area contributed by atoms with Gasteiger partial charge in [-0.2, -0.15) is 4.98 Å². The standard InChI is InChI=1S/C18H29N5O3/c1-4-19-18(20-9-6-11-24-13-15-7-5-12-25-15)21-10-8-16-22-17(14(2)3)23-26-16/h5,7,12,14H,4,6,8-11,13H2,1-3H3,(H2,19,20,21). The smallest absolute Gasteiger partial charge is 0.228 e. The minimum absolute atomic E-state index is 0.273. The highest BCUT2D eigenvalue weighted by molar-refractivity contribution is 5.79. The van der Waals surface area contributed by atoms with E-state index in [1.54, 1.807) is 6.26 Å². The molecule has 0 spiro atoms. The molecule has 0 aliphatic carbocycles. The van der Waals surface area contributed by atoms with Crippen LogP contribution in [0, 0.1) is 0 Å². The zero-order valence-corrected chi connectivity index (χ0v) is 15.8. The summed E-state index contributed by atoms with van der Waals surface area (Å²) >= 11 is 0. The van der Waals surface area contributed by atoms with Crippen LogP contribution in [-0.4, -0.2) is 42.3 Å². The number of guanidine groups is 1. The second kappa shape index (κ2) is 11.3. The van der Waals surface area contributed by atoms with Crippen LogP contribution in [-0.2, 0) is 17.8 Å². The van der Waals surface area contributed by atoms with Crippen LogP contribution in [0.3, 0.4) is 0 Å². The Hall–Kier alpha value is -2.35. The van der Waals surface area contributed by atoms with Crippen molar-refractivity contribution >= 4 is 5.96 Å². The third-order valence-electron chi connectivity index (χ3n) is 3.52. The van der Waals surface area contributed by atoms with E-state index >= 15 is 0 Å². The minimum atomic E-state index is 0.273. The fraction of sp³-hybridized carbons (Fsp3) is 0.611. The molecule has 0 unspecified atom stereocenters. The van der Waals surface area contributed by atoms with Crippen LogP contribution in [0.1, 0.15) is 50.6 Å². The molecule has 0 saturated heterocycles. The van der Waals surface area contributed by atoms with E-state index in [0.29, 0.717) is 38.6 Å². The summed E-state index contributed by atoms with van der Waals surface area (Å²) in [6.07, 6.45) is 3.16. The predicted molar refractivity (Wildman–Crippen MR) is 99.1 cm³/mol. The topological polar surface area (TPSA) is 97.7 Å². The van der Waals surface area contributed by atoms with Gasteiger partial charge in [-0.25, -0.2) is 0 Å². The number of aromatic nitrogens is 2. The summed E-state index contributed by atoms with van der Waals surface area (Å²) in [5, 5.41) is 10.5. The lowest BCUT2D eigenvalue weighted by Crippen LogP contribution is -2.38. The van der Waals surface area contributed by atoms with Gasteiger partial charge >= 0.3 is 0 Å². The van der Waals surface area contributed by atoms with Crippen molar-refractivity contribution < 1.29 is 13.7 Å². The third-order valence-corrected chi connectivity index (χ3v) is 3.52. The summed E-state index contributed by atoms with van der Waals surface area (Å²) in [7, 11) is 0. The van der Waals surface area contributed by atoms with Gasteiger partial charge in [0, 0.05) is 38.6 Å². The van der Waals surface area contributed by atoms with Crippen molar-refractivity contribution in [3.63, 3.8) is 0 Å². The number of nitrogens with one attached hydrogen (secondary N) is 2. The fourth-order valence-corrected chi connectivity index (χ4v) is 2.16. The van der Waals surface area contributed by atoms with Crippen LogP contribution in [0.2, 0.25) is 0 Å². The van der Waals surface area contributed by atoms with Gasteiger partial charge in [-0.15, -0.1) is 0 Å². The monoisotopic (exact) mass is 363 g/mol. The molecule has 2 rings (SSSR count). The summed E-state index contributed by atoms with van der Waals surface area (Å²) in [5.74, 6) is 3.28. The summed E-state index contributed by atoms with van der Waals surface area (Å²) in [4.78, 5) is 8.90. The normalized spacial score (nSPS) is 11.9. The maximum absolute atomic E-state index is 5.55. The van der Waals surface area contributed by atoms with E-state index in [1.807, 2.05) is 32.9 Å². The zero-order chi connectivity index (χ0) is 18.6. The molecule has 2 heterocycles. The Labute approximate surface area is 154 Å². The molecule has 0 fully saturated rings. The van der Waals surface area contributed by atoms with Crippen LogP contribution in [0.5, 0.6) is 0 Å². The number of hydrogen-bond acceptors (Lipinski definition) is 6. The second-order valence-electron chi connectivity index (χ2n) is 6.12. The van der Waals surface area contributed by atoms with E-state index in [-0.39, 0.29) is 5.92 Å². The summed E-state index contributed by atoms with van der Waals surface area (Å²) < 4.78 is 16.0. The van der Waals surface area contributed by atoms with Crippen molar-refractivity contribution in [2.75, 3.05) is 26.2 Å². The number of hydrogen-bond donors (Lipinski definition) is 2. The zero-order valence-electron chi connectivity index (χ0n) is 15.8. The molecule has 0 aliphatic heterocycles. The first-order valence-corrected chi connectivity index (χ1v) is 9.13. The highest BCUT2D eigenvalue weighted by atomic mass is 16.5. The van der Waals surface area contributed by atoms with E-state index in [9.17, 15) is 0 Å². The Bertz CT molecular complexity index is 637. The van der Waals surface area contributed by atoms with Crippen molar-refractivity contribution in [3.8, 4) is 0 Å². The van der Waals surface area contributed by atoms with E-state index < -0.39 is 0 Å². The average molecular weight is 363 g/mol. The first kappa shape index (κ1) is 20.0. The van der Waals surface area contributed by atoms with Crippen LogP contribution < -0.4 is 10.6 Å². The summed E-state index contributed by atoms with van der Waals surface area (Å²) in [6.45, 7) is 9.44. The van der Waals surface area contributed by atoms with Crippen molar-refractivity contribution in [1.29, 1.82) is 0 Å². The molecule has 144 valence electrons. The summed E-state index contributed by atoms with van der Waals surface area (Å²) in [6, 6.07) is 3.76. The molecule has 0 radical (unpaired) electrons. The first-order chi connectivity index (χ1) is 12.7. The van der Waals surface area contributed by atoms with Crippen molar-refractivity contribution in [1.82, 2.24) is 20.8 Å². The van der Waals surface area contributed by atoms with E-state index in [1.165, 1.54) is 0 Å². The Kier molecular flexibility index (Phi) is 8.68. The second-order valence-corrected chi connectivity index (χ2v) is 6.12. The number of nitrogens with zero attached hydrogens (tertiary/aromatic N) is 3. The molecule has 0 amide bonds. The maximum atomic E-state index is 5.55. The van der Waals surface area contributed by atoms with E-state index in [2.05, 4.69) is 25.8 Å². The summed E-state index contributed by atoms with van der Waals surface area (Å²) in [5.41, 5.74) is 0.